The van der Waals surface area contributed by atoms with Gasteiger partial charge in [-0.2, -0.15) is 0 Å². The largest absolute Gasteiger partial charge is 0.376 e. The number of benzene rings is 2. The minimum Gasteiger partial charge on any atom is -0.376 e. The summed E-state index contributed by atoms with van der Waals surface area (Å²) >= 11 is 0. The van der Waals surface area contributed by atoms with Gasteiger partial charge in [-0.15, -0.1) is 0 Å². The van der Waals surface area contributed by atoms with Crippen molar-refractivity contribution >= 4 is 5.91 Å². The van der Waals surface area contributed by atoms with Crippen molar-refractivity contribution in [3.8, 4) is 0 Å². The molecule has 1 saturated heterocycles. The lowest BCUT2D eigenvalue weighted by Gasteiger charge is -2.44. The molecular formula is C22H28N2O2. The van der Waals surface area contributed by atoms with Crippen LogP contribution in [0.25, 0.3) is 0 Å². The van der Waals surface area contributed by atoms with Crippen molar-refractivity contribution in [2.75, 3.05) is 33.8 Å². The molecule has 2 aromatic rings. The van der Waals surface area contributed by atoms with Crippen LogP contribution in [0.3, 0.4) is 0 Å². The monoisotopic (exact) mass is 352 g/mol. The third-order valence-corrected chi connectivity index (χ3v) is 4.84. The van der Waals surface area contributed by atoms with Crippen LogP contribution in [-0.4, -0.2) is 55.6 Å². The van der Waals surface area contributed by atoms with E-state index in [4.69, 9.17) is 4.74 Å². The minimum atomic E-state index is -0.213. The molecule has 0 bridgehead atoms. The van der Waals surface area contributed by atoms with Crippen molar-refractivity contribution in [2.24, 2.45) is 0 Å². The quantitative estimate of drug-likeness (QED) is 0.684. The van der Waals surface area contributed by atoms with Crippen LogP contribution in [0.1, 0.15) is 23.6 Å². The Morgan fingerprint density at radius 2 is 1.69 bits per heavy atom. The van der Waals surface area contributed by atoms with Crippen LogP contribution in [0.4, 0.5) is 0 Å². The third kappa shape index (κ3) is 4.71. The lowest BCUT2D eigenvalue weighted by atomic mass is 9.99. The molecule has 0 saturated carbocycles. The smallest absolute Gasteiger partial charge is 0.244 e. The molecule has 0 unspecified atom stereocenters. The van der Waals surface area contributed by atoms with E-state index in [0.717, 1.165) is 38.1 Å². The van der Waals surface area contributed by atoms with Crippen LogP contribution in [0.15, 0.2) is 60.7 Å². The summed E-state index contributed by atoms with van der Waals surface area (Å²) in [6, 6.07) is 20.3. The van der Waals surface area contributed by atoms with Crippen LogP contribution < -0.4 is 0 Å². The number of carbonyl (C=O) groups is 1. The number of nitrogens with zero attached hydrogens (tertiary/aromatic N) is 2. The summed E-state index contributed by atoms with van der Waals surface area (Å²) in [4.78, 5) is 16.5. The van der Waals surface area contributed by atoms with Crippen molar-refractivity contribution in [2.45, 2.75) is 25.0 Å². The molecule has 138 valence electrons. The lowest BCUT2D eigenvalue weighted by molar-refractivity contribution is -0.142. The van der Waals surface area contributed by atoms with Gasteiger partial charge in [0.25, 0.3) is 0 Å². The molecule has 1 amide bonds. The van der Waals surface area contributed by atoms with Gasteiger partial charge in [0.1, 0.15) is 6.04 Å². The molecule has 1 fully saturated rings. The van der Waals surface area contributed by atoms with Gasteiger partial charge in [-0.3, -0.25) is 9.69 Å². The highest BCUT2D eigenvalue weighted by molar-refractivity contribution is 5.83. The Morgan fingerprint density at radius 3 is 2.31 bits per heavy atom. The fourth-order valence-electron chi connectivity index (χ4n) is 3.35. The zero-order valence-electron chi connectivity index (χ0n) is 15.7. The molecule has 4 nitrogen and oxygen atoms in total. The SMILES string of the molecule is CN(C)C(=O)[C@H](c1ccccc1)N1CC(OCCCc2ccccc2)C1. The molecule has 0 spiro atoms. The van der Waals surface area contributed by atoms with Crippen molar-refractivity contribution in [1.82, 2.24) is 9.80 Å². The summed E-state index contributed by atoms with van der Waals surface area (Å²) in [7, 11) is 3.63. The van der Waals surface area contributed by atoms with E-state index in [1.807, 2.05) is 50.5 Å². The molecule has 1 aliphatic rings. The molecular weight excluding hydrogens is 324 g/mol. The number of carbonyl (C=O) groups excluding carboxylic acids is 1. The molecule has 1 atom stereocenters. The number of aryl methyl sites for hydroxylation is 1. The molecule has 0 radical (unpaired) electrons. The Kier molecular flexibility index (Phi) is 6.42. The van der Waals surface area contributed by atoms with Crippen LogP contribution in [0, 0.1) is 0 Å². The second-order valence-corrected chi connectivity index (χ2v) is 7.08. The van der Waals surface area contributed by atoms with Gasteiger partial charge in [0, 0.05) is 33.8 Å². The molecule has 0 aliphatic carbocycles. The van der Waals surface area contributed by atoms with E-state index in [2.05, 4.69) is 29.2 Å². The van der Waals surface area contributed by atoms with Gasteiger partial charge in [0.05, 0.1) is 6.10 Å². The number of likely N-dealkylation sites (N-methyl/N-ethyl adjacent to an activating group) is 1. The molecule has 1 aliphatic heterocycles. The molecule has 26 heavy (non-hydrogen) atoms. The first-order chi connectivity index (χ1) is 12.6. The molecule has 0 N–H and O–H groups in total. The Balaban J connectivity index is 1.46. The molecule has 0 aromatic heterocycles. The summed E-state index contributed by atoms with van der Waals surface area (Å²) in [5.74, 6) is 0.124. The van der Waals surface area contributed by atoms with Gasteiger partial charge < -0.3 is 9.64 Å². The van der Waals surface area contributed by atoms with E-state index >= 15 is 0 Å². The third-order valence-electron chi connectivity index (χ3n) is 4.84. The Labute approximate surface area is 156 Å². The van der Waals surface area contributed by atoms with Crippen LogP contribution >= 0.6 is 0 Å². The van der Waals surface area contributed by atoms with Gasteiger partial charge in [0.2, 0.25) is 5.91 Å². The number of ether oxygens (including phenoxy) is 1. The molecule has 3 rings (SSSR count). The zero-order valence-corrected chi connectivity index (χ0v) is 15.7. The minimum absolute atomic E-state index is 0.124. The summed E-state index contributed by atoms with van der Waals surface area (Å²) in [5, 5.41) is 0. The second-order valence-electron chi connectivity index (χ2n) is 7.08. The van der Waals surface area contributed by atoms with Crippen LogP contribution in [0.2, 0.25) is 0 Å². The van der Waals surface area contributed by atoms with Gasteiger partial charge in [-0.05, 0) is 24.0 Å². The van der Waals surface area contributed by atoms with Crippen molar-refractivity contribution < 1.29 is 9.53 Å². The normalized spacial score (nSPS) is 16.1. The maximum atomic E-state index is 12.6. The predicted molar refractivity (Wildman–Crippen MR) is 104 cm³/mol. The van der Waals surface area contributed by atoms with E-state index in [9.17, 15) is 4.79 Å². The average molecular weight is 352 g/mol. The Bertz CT molecular complexity index is 682. The summed E-state index contributed by atoms with van der Waals surface area (Å²) in [6.07, 6.45) is 2.30. The van der Waals surface area contributed by atoms with E-state index in [0.29, 0.717) is 0 Å². The average Bonchev–Trinajstić information content (AvgIpc) is 2.63. The fraction of sp³-hybridized carbons (Fsp3) is 0.409. The number of hydrogen-bond donors (Lipinski definition) is 0. The van der Waals surface area contributed by atoms with E-state index in [1.165, 1.54) is 5.56 Å². The summed E-state index contributed by atoms with van der Waals surface area (Å²) < 4.78 is 5.99. The van der Waals surface area contributed by atoms with E-state index in [1.54, 1.807) is 4.90 Å². The Morgan fingerprint density at radius 1 is 1.08 bits per heavy atom. The maximum Gasteiger partial charge on any atom is 0.244 e. The predicted octanol–water partition coefficient (Wildman–Crippen LogP) is 3.15. The maximum absolute atomic E-state index is 12.6. The van der Waals surface area contributed by atoms with Crippen LogP contribution in [0.5, 0.6) is 0 Å². The zero-order chi connectivity index (χ0) is 18.4. The molecule has 1 heterocycles. The molecule has 2 aromatic carbocycles. The number of likely N-dealkylation sites (tertiary alicyclic amines) is 1. The molecule has 4 heteroatoms. The highest BCUT2D eigenvalue weighted by atomic mass is 16.5. The standard InChI is InChI=1S/C22H28N2O2/c1-23(2)22(25)21(19-13-7-4-8-14-19)24-16-20(17-24)26-15-9-12-18-10-5-3-6-11-18/h3-8,10-11,13-14,20-21H,9,12,15-17H2,1-2H3/t21-/m0/s1. The number of rotatable bonds is 8. The number of amides is 1. The highest BCUT2D eigenvalue weighted by Gasteiger charge is 2.38. The van der Waals surface area contributed by atoms with Gasteiger partial charge >= 0.3 is 0 Å². The van der Waals surface area contributed by atoms with Gasteiger partial charge in [-0.25, -0.2) is 0 Å². The van der Waals surface area contributed by atoms with Crippen molar-refractivity contribution in [3.63, 3.8) is 0 Å². The van der Waals surface area contributed by atoms with Crippen molar-refractivity contribution in [1.29, 1.82) is 0 Å². The van der Waals surface area contributed by atoms with E-state index in [-0.39, 0.29) is 18.1 Å². The first-order valence-electron chi connectivity index (χ1n) is 9.31. The number of hydrogen-bond acceptors (Lipinski definition) is 3. The fourth-order valence-corrected chi connectivity index (χ4v) is 3.35. The first-order valence-corrected chi connectivity index (χ1v) is 9.31. The first kappa shape index (κ1) is 18.6. The van der Waals surface area contributed by atoms with Gasteiger partial charge in [-0.1, -0.05) is 60.7 Å². The second kappa shape index (κ2) is 8.97. The van der Waals surface area contributed by atoms with E-state index < -0.39 is 0 Å². The lowest BCUT2D eigenvalue weighted by Crippen LogP contribution is -2.56. The van der Waals surface area contributed by atoms with Gasteiger partial charge in [0.15, 0.2) is 0 Å². The summed E-state index contributed by atoms with van der Waals surface area (Å²) in [6.45, 7) is 2.39. The van der Waals surface area contributed by atoms with Crippen molar-refractivity contribution in [3.05, 3.63) is 71.8 Å². The van der Waals surface area contributed by atoms with Crippen LogP contribution in [-0.2, 0) is 16.0 Å². The summed E-state index contributed by atoms with van der Waals surface area (Å²) in [5.41, 5.74) is 2.40. The Hall–Kier alpha value is -2.17. The topological polar surface area (TPSA) is 32.8 Å². The highest BCUT2D eigenvalue weighted by Crippen LogP contribution is 2.28.